The van der Waals surface area contributed by atoms with Crippen molar-refractivity contribution in [2.75, 3.05) is 25.1 Å². The molecule has 4 N–H and O–H groups in total. The van der Waals surface area contributed by atoms with Crippen molar-refractivity contribution in [3.05, 3.63) is 23.9 Å². The molecule has 1 amide bonds. The van der Waals surface area contributed by atoms with Gasteiger partial charge in [0.05, 0.1) is 0 Å². The van der Waals surface area contributed by atoms with Crippen LogP contribution in [0.4, 0.5) is 5.82 Å². The van der Waals surface area contributed by atoms with E-state index in [1.165, 1.54) is 0 Å². The second-order valence-electron chi connectivity index (χ2n) is 4.49. The Balaban J connectivity index is 2.03. The highest BCUT2D eigenvalue weighted by Gasteiger charge is 2.26. The van der Waals surface area contributed by atoms with Crippen LogP contribution in [-0.4, -0.2) is 40.6 Å². The van der Waals surface area contributed by atoms with Crippen LogP contribution in [0.1, 0.15) is 23.2 Å². The molecule has 6 nitrogen and oxygen atoms in total. The van der Waals surface area contributed by atoms with Gasteiger partial charge < -0.3 is 15.4 Å². The normalized spacial score (nSPS) is 19.0. The predicted molar refractivity (Wildman–Crippen MR) is 67.8 cm³/mol. The van der Waals surface area contributed by atoms with Crippen molar-refractivity contribution < 1.29 is 9.90 Å². The van der Waals surface area contributed by atoms with Crippen LogP contribution in [0.25, 0.3) is 0 Å². The number of aromatic nitrogens is 1. The molecule has 2 rings (SSSR count). The molecular formula is C12H18N4O2. The third-order valence-corrected chi connectivity index (χ3v) is 3.27. The molecule has 0 aromatic carbocycles. The average molecular weight is 250 g/mol. The lowest BCUT2D eigenvalue weighted by molar-refractivity contribution is 0.0784. The van der Waals surface area contributed by atoms with Gasteiger partial charge in [-0.1, -0.05) is 0 Å². The lowest BCUT2D eigenvalue weighted by Gasteiger charge is -2.16. The third-order valence-electron chi connectivity index (χ3n) is 3.27. The molecule has 1 unspecified atom stereocenters. The summed E-state index contributed by atoms with van der Waals surface area (Å²) in [6.07, 6.45) is 3.28. The molecule has 1 saturated heterocycles. The Labute approximate surface area is 106 Å². The summed E-state index contributed by atoms with van der Waals surface area (Å²) in [5.74, 6) is 6.15. The highest BCUT2D eigenvalue weighted by molar-refractivity contribution is 5.95. The first-order valence-electron chi connectivity index (χ1n) is 6.07. The van der Waals surface area contributed by atoms with Gasteiger partial charge in [0.25, 0.3) is 5.91 Å². The van der Waals surface area contributed by atoms with Crippen molar-refractivity contribution in [2.45, 2.75) is 12.8 Å². The number of likely N-dealkylation sites (tertiary alicyclic amines) is 1. The van der Waals surface area contributed by atoms with Crippen molar-refractivity contribution in [3.8, 4) is 0 Å². The molecule has 98 valence electrons. The molecule has 0 saturated carbocycles. The van der Waals surface area contributed by atoms with Crippen LogP contribution in [0, 0.1) is 5.92 Å². The number of pyridine rings is 1. The van der Waals surface area contributed by atoms with E-state index in [1.54, 1.807) is 18.3 Å². The highest BCUT2D eigenvalue weighted by atomic mass is 16.3. The molecule has 0 aliphatic carbocycles. The quantitative estimate of drug-likeness (QED) is 0.525. The topological polar surface area (TPSA) is 91.5 Å². The largest absolute Gasteiger partial charge is 0.396 e. The van der Waals surface area contributed by atoms with E-state index < -0.39 is 0 Å². The van der Waals surface area contributed by atoms with Crippen molar-refractivity contribution in [1.29, 1.82) is 0 Å². The van der Waals surface area contributed by atoms with Gasteiger partial charge in [0.2, 0.25) is 0 Å². The summed E-state index contributed by atoms with van der Waals surface area (Å²) >= 11 is 0. The van der Waals surface area contributed by atoms with E-state index in [4.69, 9.17) is 10.9 Å². The first-order valence-corrected chi connectivity index (χ1v) is 6.07. The van der Waals surface area contributed by atoms with Crippen molar-refractivity contribution in [2.24, 2.45) is 11.8 Å². The fourth-order valence-electron chi connectivity index (χ4n) is 2.26. The number of nitrogens with one attached hydrogen (secondary N) is 1. The van der Waals surface area contributed by atoms with Gasteiger partial charge in [0.15, 0.2) is 0 Å². The molecule has 6 heteroatoms. The summed E-state index contributed by atoms with van der Waals surface area (Å²) in [4.78, 5) is 18.0. The van der Waals surface area contributed by atoms with Gasteiger partial charge in [-0.05, 0) is 30.9 Å². The third kappa shape index (κ3) is 2.77. The summed E-state index contributed by atoms with van der Waals surface area (Å²) in [5, 5.41) is 8.90. The van der Waals surface area contributed by atoms with E-state index in [9.17, 15) is 4.79 Å². The Kier molecular flexibility index (Phi) is 4.11. The Bertz CT molecular complexity index is 424. The van der Waals surface area contributed by atoms with E-state index >= 15 is 0 Å². The van der Waals surface area contributed by atoms with Crippen molar-refractivity contribution in [1.82, 2.24) is 9.88 Å². The lowest BCUT2D eigenvalue weighted by atomic mass is 10.1. The Morgan fingerprint density at radius 1 is 1.67 bits per heavy atom. The maximum absolute atomic E-state index is 12.2. The van der Waals surface area contributed by atoms with Gasteiger partial charge in [0, 0.05) is 31.5 Å². The van der Waals surface area contributed by atoms with Crippen LogP contribution >= 0.6 is 0 Å². The molecule has 1 fully saturated rings. The number of carbonyl (C=O) groups excluding carboxylic acids is 1. The minimum absolute atomic E-state index is 0.00524. The number of amides is 1. The maximum atomic E-state index is 12.2. The molecule has 1 atom stereocenters. The maximum Gasteiger partial charge on any atom is 0.254 e. The van der Waals surface area contributed by atoms with Crippen molar-refractivity contribution >= 4 is 11.7 Å². The summed E-state index contributed by atoms with van der Waals surface area (Å²) in [6, 6.07) is 3.32. The number of nitrogens with zero attached hydrogens (tertiary/aromatic N) is 2. The second-order valence-corrected chi connectivity index (χ2v) is 4.49. The van der Waals surface area contributed by atoms with Gasteiger partial charge >= 0.3 is 0 Å². The molecule has 1 aliphatic rings. The number of aliphatic hydroxyl groups excluding tert-OH is 1. The number of hydrogen-bond donors (Lipinski definition) is 3. The van der Waals surface area contributed by atoms with Gasteiger partial charge in [-0.25, -0.2) is 10.8 Å². The Morgan fingerprint density at radius 2 is 2.50 bits per heavy atom. The van der Waals surface area contributed by atoms with Crippen LogP contribution < -0.4 is 11.3 Å². The summed E-state index contributed by atoms with van der Waals surface area (Å²) < 4.78 is 0. The van der Waals surface area contributed by atoms with Gasteiger partial charge in [-0.15, -0.1) is 0 Å². The lowest BCUT2D eigenvalue weighted by Crippen LogP contribution is -2.29. The predicted octanol–water partition coefficient (Wildman–Crippen LogP) is 0.212. The molecule has 0 spiro atoms. The minimum atomic E-state index is -0.00524. The molecule has 1 aromatic rings. The van der Waals surface area contributed by atoms with Crippen LogP contribution in [-0.2, 0) is 0 Å². The zero-order chi connectivity index (χ0) is 13.0. The molecular weight excluding hydrogens is 232 g/mol. The smallest absolute Gasteiger partial charge is 0.254 e. The number of anilines is 1. The number of hydrogen-bond acceptors (Lipinski definition) is 5. The SMILES string of the molecule is NNc1cc(C(=O)N2CCC(CCO)C2)ccn1. The van der Waals surface area contributed by atoms with Crippen LogP contribution in [0.2, 0.25) is 0 Å². The van der Waals surface area contributed by atoms with Crippen LogP contribution in [0.3, 0.4) is 0 Å². The Morgan fingerprint density at radius 3 is 3.22 bits per heavy atom. The molecule has 1 aliphatic heterocycles. The molecule has 2 heterocycles. The minimum Gasteiger partial charge on any atom is -0.396 e. The fraction of sp³-hybridized carbons (Fsp3) is 0.500. The van der Waals surface area contributed by atoms with Gasteiger partial charge in [-0.3, -0.25) is 4.79 Å². The number of nitrogen functional groups attached to an aromatic ring is 1. The molecule has 18 heavy (non-hydrogen) atoms. The molecule has 1 aromatic heterocycles. The van der Waals surface area contributed by atoms with E-state index in [-0.39, 0.29) is 12.5 Å². The zero-order valence-corrected chi connectivity index (χ0v) is 10.2. The first-order chi connectivity index (χ1) is 8.74. The first kappa shape index (κ1) is 12.8. The van der Waals surface area contributed by atoms with Gasteiger partial charge in [0.1, 0.15) is 5.82 Å². The summed E-state index contributed by atoms with van der Waals surface area (Å²) in [6.45, 7) is 1.65. The number of carbonyl (C=O) groups is 1. The van der Waals surface area contributed by atoms with E-state index in [2.05, 4.69) is 10.4 Å². The fourth-order valence-corrected chi connectivity index (χ4v) is 2.26. The number of hydrazine groups is 1. The zero-order valence-electron chi connectivity index (χ0n) is 10.2. The van der Waals surface area contributed by atoms with E-state index in [0.717, 1.165) is 19.4 Å². The monoisotopic (exact) mass is 250 g/mol. The van der Waals surface area contributed by atoms with Crippen molar-refractivity contribution in [3.63, 3.8) is 0 Å². The Hall–Kier alpha value is -1.66. The van der Waals surface area contributed by atoms with Crippen LogP contribution in [0.5, 0.6) is 0 Å². The number of rotatable bonds is 4. The second kappa shape index (κ2) is 5.79. The van der Waals surface area contributed by atoms with Crippen LogP contribution in [0.15, 0.2) is 18.3 Å². The van der Waals surface area contributed by atoms with E-state index in [1.807, 2.05) is 4.90 Å². The number of nitrogens with two attached hydrogens (primary N) is 1. The summed E-state index contributed by atoms with van der Waals surface area (Å²) in [5.41, 5.74) is 3.01. The summed E-state index contributed by atoms with van der Waals surface area (Å²) in [7, 11) is 0. The van der Waals surface area contributed by atoms with E-state index in [0.29, 0.717) is 23.8 Å². The molecule has 0 radical (unpaired) electrons. The molecule has 0 bridgehead atoms. The van der Waals surface area contributed by atoms with Gasteiger partial charge in [-0.2, -0.15) is 0 Å². The standard InChI is InChI=1S/C12H18N4O2/c13-15-11-7-10(1-4-14-11)12(18)16-5-2-9(8-16)3-6-17/h1,4,7,9,17H,2-3,5-6,8,13H2,(H,14,15). The number of aliphatic hydroxyl groups is 1. The highest BCUT2D eigenvalue weighted by Crippen LogP contribution is 2.21. The average Bonchev–Trinajstić information content (AvgIpc) is 2.87.